The van der Waals surface area contributed by atoms with Crippen LogP contribution in [0.4, 0.5) is 0 Å². The quantitative estimate of drug-likeness (QED) is 0.289. The summed E-state index contributed by atoms with van der Waals surface area (Å²) in [6, 6.07) is 4.58. The fourth-order valence-electron chi connectivity index (χ4n) is 2.29. The molecule has 1 N–H and O–H groups in total. The minimum absolute atomic E-state index is 0.0167. The zero-order chi connectivity index (χ0) is 20.0. The molecule has 8 nitrogen and oxygen atoms in total. The minimum Gasteiger partial charge on any atom is -0.546 e. The summed E-state index contributed by atoms with van der Waals surface area (Å²) < 4.78 is 10.5. The van der Waals surface area contributed by atoms with Crippen LogP contribution in [0.3, 0.4) is 0 Å². The number of carbonyl (C=O) groups is 3. The van der Waals surface area contributed by atoms with E-state index in [2.05, 4.69) is 11.9 Å². The number of nitrogens with one attached hydrogen (secondary N) is 1. The first-order valence-corrected chi connectivity index (χ1v) is 8.37. The lowest BCUT2D eigenvalue weighted by Crippen LogP contribution is -2.53. The number of rotatable bonds is 8. The molecule has 1 heterocycles. The van der Waals surface area contributed by atoms with Gasteiger partial charge in [-0.1, -0.05) is 12.1 Å². The standard InChI is InChI=1S/C18H18N2O6S/c1-3-7-20-17(24)12(16(23)19-18(20)27)8-11-5-6-13(26-10-15(21)22)14(9-11)25-4-2/h3,5-6,8-9H,1,4,7,10H2,2H3,(H,21,22)(H,19,23,27)/p-1/b12-8-. The lowest BCUT2D eigenvalue weighted by molar-refractivity contribution is -0.307. The largest absolute Gasteiger partial charge is 0.546 e. The van der Waals surface area contributed by atoms with Gasteiger partial charge in [-0.25, -0.2) is 0 Å². The van der Waals surface area contributed by atoms with E-state index in [1.165, 1.54) is 29.2 Å². The molecule has 0 aliphatic carbocycles. The van der Waals surface area contributed by atoms with E-state index in [-0.39, 0.29) is 28.7 Å². The number of ether oxygens (including phenoxy) is 2. The second-order valence-electron chi connectivity index (χ2n) is 5.32. The smallest absolute Gasteiger partial charge is 0.265 e. The summed E-state index contributed by atoms with van der Waals surface area (Å²) in [4.78, 5) is 36.5. The van der Waals surface area contributed by atoms with Gasteiger partial charge in [-0.05, 0) is 42.9 Å². The van der Waals surface area contributed by atoms with Crippen LogP contribution >= 0.6 is 12.2 Å². The molecule has 142 valence electrons. The van der Waals surface area contributed by atoms with Crippen LogP contribution in [-0.2, 0) is 14.4 Å². The molecule has 0 saturated carbocycles. The maximum Gasteiger partial charge on any atom is 0.265 e. The predicted octanol–water partition coefficient (Wildman–Crippen LogP) is 0.0267. The third-order valence-corrected chi connectivity index (χ3v) is 3.74. The Labute approximate surface area is 161 Å². The number of thiocarbonyl (C=S) groups is 1. The fraction of sp³-hybridized carbons (Fsp3) is 0.222. The fourth-order valence-corrected chi connectivity index (χ4v) is 2.54. The average Bonchev–Trinajstić information content (AvgIpc) is 2.61. The molecule has 0 spiro atoms. The van der Waals surface area contributed by atoms with Crippen molar-refractivity contribution in [3.63, 3.8) is 0 Å². The molecule has 0 atom stereocenters. The molecule has 2 amide bonds. The highest BCUT2D eigenvalue weighted by atomic mass is 32.1. The van der Waals surface area contributed by atoms with Crippen LogP contribution in [0.15, 0.2) is 36.4 Å². The van der Waals surface area contributed by atoms with Crippen LogP contribution in [0.25, 0.3) is 6.08 Å². The van der Waals surface area contributed by atoms with E-state index in [1.807, 2.05) is 0 Å². The normalized spacial score (nSPS) is 15.5. The van der Waals surface area contributed by atoms with Gasteiger partial charge in [0.2, 0.25) is 0 Å². The molecule has 0 aromatic heterocycles. The number of carbonyl (C=O) groups excluding carboxylic acids is 3. The number of benzene rings is 1. The summed E-state index contributed by atoms with van der Waals surface area (Å²) in [6.07, 6.45) is 2.89. The van der Waals surface area contributed by atoms with Crippen LogP contribution in [0.5, 0.6) is 11.5 Å². The lowest BCUT2D eigenvalue weighted by Gasteiger charge is -2.27. The van der Waals surface area contributed by atoms with Gasteiger partial charge in [-0.2, -0.15) is 0 Å². The Morgan fingerprint density at radius 2 is 2.07 bits per heavy atom. The summed E-state index contributed by atoms with van der Waals surface area (Å²) in [7, 11) is 0. The highest BCUT2D eigenvalue weighted by Crippen LogP contribution is 2.29. The van der Waals surface area contributed by atoms with Gasteiger partial charge in [0.05, 0.1) is 12.6 Å². The van der Waals surface area contributed by atoms with E-state index < -0.39 is 24.4 Å². The second-order valence-corrected chi connectivity index (χ2v) is 5.71. The topological polar surface area (TPSA) is 108 Å². The number of carboxylic acid groups (broad SMARTS) is 1. The Morgan fingerprint density at radius 3 is 2.70 bits per heavy atom. The van der Waals surface area contributed by atoms with Gasteiger partial charge in [0.1, 0.15) is 12.2 Å². The van der Waals surface area contributed by atoms with Crippen molar-refractivity contribution >= 4 is 41.2 Å². The number of nitrogens with zero attached hydrogens (tertiary/aromatic N) is 1. The van der Waals surface area contributed by atoms with Crippen molar-refractivity contribution in [2.75, 3.05) is 19.8 Å². The molecular weight excluding hydrogens is 372 g/mol. The molecule has 0 radical (unpaired) electrons. The molecule has 0 bridgehead atoms. The van der Waals surface area contributed by atoms with E-state index >= 15 is 0 Å². The van der Waals surface area contributed by atoms with Crippen molar-refractivity contribution < 1.29 is 29.0 Å². The highest BCUT2D eigenvalue weighted by Gasteiger charge is 2.32. The molecule has 9 heteroatoms. The summed E-state index contributed by atoms with van der Waals surface area (Å²) >= 11 is 5.00. The van der Waals surface area contributed by atoms with Crippen LogP contribution < -0.4 is 19.9 Å². The van der Waals surface area contributed by atoms with Crippen LogP contribution in [0.1, 0.15) is 12.5 Å². The Hall–Kier alpha value is -3.20. The summed E-state index contributed by atoms with van der Waals surface area (Å²) in [5.41, 5.74) is 0.389. The van der Waals surface area contributed by atoms with E-state index in [4.69, 9.17) is 21.7 Å². The van der Waals surface area contributed by atoms with Gasteiger partial charge in [-0.15, -0.1) is 6.58 Å². The van der Waals surface area contributed by atoms with E-state index in [9.17, 15) is 19.5 Å². The highest BCUT2D eigenvalue weighted by molar-refractivity contribution is 7.80. The number of carboxylic acids is 1. The Morgan fingerprint density at radius 1 is 1.33 bits per heavy atom. The Kier molecular flexibility index (Phi) is 6.67. The summed E-state index contributed by atoms with van der Waals surface area (Å²) in [5.74, 6) is -2.04. The molecule has 1 fully saturated rings. The SMILES string of the molecule is C=CCN1C(=O)/C(=C\c2ccc(OCC(=O)[O-])c(OCC)c2)C(=O)NC1=S. The van der Waals surface area contributed by atoms with E-state index in [1.54, 1.807) is 13.0 Å². The number of hydrogen-bond donors (Lipinski definition) is 1. The maximum absolute atomic E-state index is 12.5. The molecule has 1 aromatic carbocycles. The average molecular weight is 389 g/mol. The van der Waals surface area contributed by atoms with Gasteiger partial charge in [0, 0.05) is 6.54 Å². The Bertz CT molecular complexity index is 833. The van der Waals surface area contributed by atoms with Crippen LogP contribution in [-0.4, -0.2) is 47.6 Å². The molecule has 1 aliphatic rings. The van der Waals surface area contributed by atoms with E-state index in [0.717, 1.165) is 0 Å². The molecular formula is C18H17N2O6S-. The Balaban J connectivity index is 2.35. The van der Waals surface area contributed by atoms with E-state index in [0.29, 0.717) is 12.2 Å². The predicted molar refractivity (Wildman–Crippen MR) is 98.7 cm³/mol. The molecule has 2 rings (SSSR count). The molecule has 1 saturated heterocycles. The minimum atomic E-state index is -1.37. The molecule has 27 heavy (non-hydrogen) atoms. The zero-order valence-electron chi connectivity index (χ0n) is 14.5. The first kappa shape index (κ1) is 20.1. The first-order chi connectivity index (χ1) is 12.9. The monoisotopic (exact) mass is 389 g/mol. The summed E-state index contributed by atoms with van der Waals surface area (Å²) in [6.45, 7) is 5.15. The van der Waals surface area contributed by atoms with Gasteiger partial charge < -0.3 is 19.4 Å². The lowest BCUT2D eigenvalue weighted by atomic mass is 10.1. The van der Waals surface area contributed by atoms with Crippen molar-refractivity contribution in [2.45, 2.75) is 6.92 Å². The third kappa shape index (κ3) is 4.91. The van der Waals surface area contributed by atoms with Gasteiger partial charge in [-0.3, -0.25) is 19.8 Å². The number of amides is 2. The molecule has 1 aliphatic heterocycles. The van der Waals surface area contributed by atoms with Crippen LogP contribution in [0, 0.1) is 0 Å². The number of hydrogen-bond acceptors (Lipinski definition) is 7. The zero-order valence-corrected chi connectivity index (χ0v) is 15.3. The van der Waals surface area contributed by atoms with Crippen LogP contribution in [0.2, 0.25) is 0 Å². The van der Waals surface area contributed by atoms with Gasteiger partial charge >= 0.3 is 0 Å². The van der Waals surface area contributed by atoms with Crippen molar-refractivity contribution in [1.29, 1.82) is 0 Å². The van der Waals surface area contributed by atoms with Crippen molar-refractivity contribution in [3.05, 3.63) is 42.0 Å². The maximum atomic E-state index is 12.5. The van der Waals surface area contributed by atoms with Gasteiger partial charge in [0.15, 0.2) is 16.6 Å². The third-order valence-electron chi connectivity index (χ3n) is 3.42. The molecule has 0 unspecified atom stereocenters. The molecule has 1 aromatic rings. The second kappa shape index (κ2) is 8.95. The van der Waals surface area contributed by atoms with Crippen molar-refractivity contribution in [1.82, 2.24) is 10.2 Å². The van der Waals surface area contributed by atoms with Crippen molar-refractivity contribution in [3.8, 4) is 11.5 Å². The first-order valence-electron chi connectivity index (χ1n) is 7.96. The van der Waals surface area contributed by atoms with Gasteiger partial charge in [0.25, 0.3) is 11.8 Å². The summed E-state index contributed by atoms with van der Waals surface area (Å²) in [5, 5.41) is 13.0. The van der Waals surface area contributed by atoms with Crippen molar-refractivity contribution in [2.24, 2.45) is 0 Å². The number of aliphatic carboxylic acids is 1.